The third-order valence-electron chi connectivity index (χ3n) is 4.84. The largest absolute Gasteiger partial charge is 0.335 e. The van der Waals surface area contributed by atoms with Crippen LogP contribution in [0.25, 0.3) is 11.0 Å². The van der Waals surface area contributed by atoms with Crippen molar-refractivity contribution in [3.8, 4) is 6.07 Å². The van der Waals surface area contributed by atoms with Crippen LogP contribution in [0.1, 0.15) is 22.3 Å². The first-order valence-corrected chi connectivity index (χ1v) is 9.35. The standard InChI is InChI=1S/C22H19FN6O/c1-14-12-28(2)22-18(14)8-16(11-25-22)9-21(30)26-20-5-6-29(27-20)13-15-3-4-19(23)17(7-15)10-24/h3-8,11-12H,9,13H2,1-2H3,(H,26,27,30). The summed E-state index contributed by atoms with van der Waals surface area (Å²) in [4.78, 5) is 16.9. The van der Waals surface area contributed by atoms with Gasteiger partial charge in [0.2, 0.25) is 5.91 Å². The van der Waals surface area contributed by atoms with Crippen molar-refractivity contribution in [1.82, 2.24) is 19.3 Å². The molecule has 0 saturated heterocycles. The van der Waals surface area contributed by atoms with E-state index in [9.17, 15) is 9.18 Å². The number of aryl methyl sites for hydroxylation is 2. The monoisotopic (exact) mass is 402 g/mol. The molecule has 1 aromatic carbocycles. The zero-order chi connectivity index (χ0) is 21.3. The number of nitrogens with one attached hydrogen (secondary N) is 1. The lowest BCUT2D eigenvalue weighted by atomic mass is 10.1. The lowest BCUT2D eigenvalue weighted by molar-refractivity contribution is -0.115. The number of amides is 1. The summed E-state index contributed by atoms with van der Waals surface area (Å²) in [6.45, 7) is 2.37. The number of benzene rings is 1. The highest BCUT2D eigenvalue weighted by Crippen LogP contribution is 2.19. The number of anilines is 1. The van der Waals surface area contributed by atoms with Gasteiger partial charge in [-0.1, -0.05) is 6.07 Å². The molecule has 150 valence electrons. The molecule has 0 spiro atoms. The maximum atomic E-state index is 13.4. The molecule has 0 fully saturated rings. The van der Waals surface area contributed by atoms with Crippen LogP contribution in [0.15, 0.2) is 48.9 Å². The average Bonchev–Trinajstić information content (AvgIpc) is 3.26. The van der Waals surface area contributed by atoms with Crippen LogP contribution in [-0.2, 0) is 24.8 Å². The van der Waals surface area contributed by atoms with Crippen molar-refractivity contribution in [2.75, 3.05) is 5.32 Å². The van der Waals surface area contributed by atoms with Crippen LogP contribution in [0.2, 0.25) is 0 Å². The third kappa shape index (κ3) is 3.91. The van der Waals surface area contributed by atoms with Gasteiger partial charge in [-0.15, -0.1) is 0 Å². The predicted molar refractivity (Wildman–Crippen MR) is 110 cm³/mol. The van der Waals surface area contributed by atoms with Crippen molar-refractivity contribution in [2.24, 2.45) is 7.05 Å². The van der Waals surface area contributed by atoms with Crippen LogP contribution in [0.5, 0.6) is 0 Å². The zero-order valence-electron chi connectivity index (χ0n) is 16.6. The van der Waals surface area contributed by atoms with Crippen LogP contribution in [0, 0.1) is 24.1 Å². The summed E-state index contributed by atoms with van der Waals surface area (Å²) in [6.07, 6.45) is 5.62. The molecule has 8 heteroatoms. The molecule has 0 radical (unpaired) electrons. The summed E-state index contributed by atoms with van der Waals surface area (Å²) in [6, 6.07) is 9.85. The molecular formula is C22H19FN6O. The molecule has 0 saturated carbocycles. The number of fused-ring (bicyclic) bond motifs is 1. The second-order valence-electron chi connectivity index (χ2n) is 7.19. The van der Waals surface area contributed by atoms with E-state index in [0.29, 0.717) is 12.4 Å². The molecule has 0 bridgehead atoms. The number of carbonyl (C=O) groups excluding carboxylic acids is 1. The maximum absolute atomic E-state index is 13.4. The number of halogens is 1. The Morgan fingerprint density at radius 1 is 1.27 bits per heavy atom. The van der Waals surface area contributed by atoms with Crippen molar-refractivity contribution >= 4 is 22.8 Å². The number of carbonyl (C=O) groups is 1. The van der Waals surface area contributed by atoms with Gasteiger partial charge < -0.3 is 9.88 Å². The molecule has 30 heavy (non-hydrogen) atoms. The van der Waals surface area contributed by atoms with Gasteiger partial charge in [-0.3, -0.25) is 9.48 Å². The number of hydrogen-bond acceptors (Lipinski definition) is 4. The molecule has 3 aromatic heterocycles. The van der Waals surface area contributed by atoms with Crippen LogP contribution >= 0.6 is 0 Å². The fraction of sp³-hybridized carbons (Fsp3) is 0.182. The minimum atomic E-state index is -0.548. The molecule has 1 N–H and O–H groups in total. The van der Waals surface area contributed by atoms with Crippen molar-refractivity contribution in [3.05, 3.63) is 77.0 Å². The summed E-state index contributed by atoms with van der Waals surface area (Å²) >= 11 is 0. The highest BCUT2D eigenvalue weighted by Gasteiger charge is 2.11. The quantitative estimate of drug-likeness (QED) is 0.555. The first kappa shape index (κ1) is 19.3. The highest BCUT2D eigenvalue weighted by atomic mass is 19.1. The summed E-state index contributed by atoms with van der Waals surface area (Å²) < 4.78 is 17.0. The Kier molecular flexibility index (Phi) is 5.02. The topological polar surface area (TPSA) is 88.5 Å². The molecular weight excluding hydrogens is 383 g/mol. The van der Waals surface area contributed by atoms with Crippen LogP contribution in [-0.4, -0.2) is 25.2 Å². The molecule has 1 amide bonds. The SMILES string of the molecule is Cc1cn(C)c2ncc(CC(=O)Nc3ccn(Cc4ccc(F)c(C#N)c4)n3)cc12. The van der Waals surface area contributed by atoms with Crippen LogP contribution < -0.4 is 5.32 Å². The van der Waals surface area contributed by atoms with Gasteiger partial charge in [-0.25, -0.2) is 9.37 Å². The number of nitrogens with zero attached hydrogens (tertiary/aromatic N) is 5. The van der Waals surface area contributed by atoms with Crippen molar-refractivity contribution < 1.29 is 9.18 Å². The van der Waals surface area contributed by atoms with E-state index in [1.54, 1.807) is 29.2 Å². The average molecular weight is 402 g/mol. The van der Waals surface area contributed by atoms with Gasteiger partial charge in [-0.2, -0.15) is 10.4 Å². The van der Waals surface area contributed by atoms with Gasteiger partial charge in [0.25, 0.3) is 0 Å². The zero-order valence-corrected chi connectivity index (χ0v) is 16.6. The minimum Gasteiger partial charge on any atom is -0.335 e. The van der Waals surface area contributed by atoms with Gasteiger partial charge >= 0.3 is 0 Å². The van der Waals surface area contributed by atoms with E-state index in [4.69, 9.17) is 5.26 Å². The Hall–Kier alpha value is -3.99. The summed E-state index contributed by atoms with van der Waals surface area (Å²) in [7, 11) is 1.94. The number of pyridine rings is 1. The van der Waals surface area contributed by atoms with E-state index >= 15 is 0 Å². The van der Waals surface area contributed by atoms with Gasteiger partial charge in [-0.05, 0) is 41.8 Å². The second-order valence-corrected chi connectivity index (χ2v) is 7.19. The van der Waals surface area contributed by atoms with E-state index < -0.39 is 5.82 Å². The van der Waals surface area contributed by atoms with Crippen molar-refractivity contribution in [3.63, 3.8) is 0 Å². The van der Waals surface area contributed by atoms with E-state index in [2.05, 4.69) is 15.4 Å². The van der Waals surface area contributed by atoms with Crippen LogP contribution in [0.4, 0.5) is 10.2 Å². The van der Waals surface area contributed by atoms with Crippen LogP contribution in [0.3, 0.4) is 0 Å². The fourth-order valence-electron chi connectivity index (χ4n) is 3.42. The maximum Gasteiger partial charge on any atom is 0.230 e. The van der Waals surface area contributed by atoms with Gasteiger partial charge in [0.1, 0.15) is 17.5 Å². The normalized spacial score (nSPS) is 10.9. The Morgan fingerprint density at radius 2 is 2.10 bits per heavy atom. The molecule has 4 rings (SSSR count). The Balaban J connectivity index is 1.42. The molecule has 4 aromatic rings. The molecule has 0 atom stereocenters. The van der Waals surface area contributed by atoms with Crippen molar-refractivity contribution in [1.29, 1.82) is 5.26 Å². The number of rotatable bonds is 5. The van der Waals surface area contributed by atoms with E-state index in [1.807, 2.05) is 36.9 Å². The molecule has 0 aliphatic rings. The summed E-state index contributed by atoms with van der Waals surface area (Å²) in [5.74, 6) is -0.316. The Bertz CT molecular complexity index is 1300. The lowest BCUT2D eigenvalue weighted by Crippen LogP contribution is -2.15. The molecule has 7 nitrogen and oxygen atoms in total. The molecule has 3 heterocycles. The lowest BCUT2D eigenvalue weighted by Gasteiger charge is -2.05. The molecule has 0 aliphatic carbocycles. The van der Waals surface area contributed by atoms with Gasteiger partial charge in [0.15, 0.2) is 5.82 Å². The molecule has 0 unspecified atom stereocenters. The Labute approximate surface area is 172 Å². The Morgan fingerprint density at radius 3 is 2.90 bits per heavy atom. The van der Waals surface area contributed by atoms with Gasteiger partial charge in [0.05, 0.1) is 18.5 Å². The fourth-order valence-corrected chi connectivity index (χ4v) is 3.42. The van der Waals surface area contributed by atoms with E-state index in [1.165, 1.54) is 12.1 Å². The first-order valence-electron chi connectivity index (χ1n) is 9.35. The molecule has 0 aliphatic heterocycles. The van der Waals surface area contributed by atoms with E-state index in [0.717, 1.165) is 27.7 Å². The van der Waals surface area contributed by atoms with Gasteiger partial charge in [0, 0.05) is 37.1 Å². The van der Waals surface area contributed by atoms with E-state index in [-0.39, 0.29) is 17.9 Å². The minimum absolute atomic E-state index is 0.00702. The number of hydrogen-bond donors (Lipinski definition) is 1. The third-order valence-corrected chi connectivity index (χ3v) is 4.84. The van der Waals surface area contributed by atoms with Crippen molar-refractivity contribution in [2.45, 2.75) is 19.9 Å². The predicted octanol–water partition coefficient (Wildman–Crippen LogP) is 3.32. The number of aromatic nitrogens is 4. The summed E-state index contributed by atoms with van der Waals surface area (Å²) in [5, 5.41) is 17.1. The first-order chi connectivity index (χ1) is 14.4. The number of nitriles is 1. The smallest absolute Gasteiger partial charge is 0.230 e. The second kappa shape index (κ2) is 7.79. The summed E-state index contributed by atoms with van der Waals surface area (Å²) in [5.41, 5.74) is 3.56. The highest BCUT2D eigenvalue weighted by molar-refractivity contribution is 5.92.